The van der Waals surface area contributed by atoms with Crippen LogP contribution in [-0.4, -0.2) is 24.1 Å². The molecule has 0 amide bonds. The van der Waals surface area contributed by atoms with Crippen molar-refractivity contribution in [3.8, 4) is 0 Å². The lowest BCUT2D eigenvalue weighted by Crippen LogP contribution is -2.47. The van der Waals surface area contributed by atoms with Crippen molar-refractivity contribution in [1.82, 2.24) is 4.98 Å². The zero-order chi connectivity index (χ0) is 12.3. The van der Waals surface area contributed by atoms with E-state index < -0.39 is 23.2 Å². The highest BCUT2D eigenvalue weighted by Gasteiger charge is 2.36. The minimum atomic E-state index is -0.922. The highest BCUT2D eigenvalue weighted by Crippen LogP contribution is 2.28. The van der Waals surface area contributed by atoms with Gasteiger partial charge >= 0.3 is 5.97 Å². The maximum atomic E-state index is 13.5. The van der Waals surface area contributed by atoms with Crippen LogP contribution in [0, 0.1) is 5.82 Å². The molecule has 1 unspecified atom stereocenters. The Morgan fingerprint density at radius 2 is 2.25 bits per heavy atom. The standard InChI is InChI=1S/C11H15FN2O2/c1-11(2,9(13)10(15)16-3)7-4-5-14-6-8(7)12/h4-6,9H,13H2,1-3H3. The average molecular weight is 226 g/mol. The first-order chi connectivity index (χ1) is 7.41. The first-order valence-corrected chi connectivity index (χ1v) is 4.84. The van der Waals surface area contributed by atoms with Crippen LogP contribution in [0.3, 0.4) is 0 Å². The van der Waals surface area contributed by atoms with Gasteiger partial charge in [-0.1, -0.05) is 13.8 Å². The Hall–Kier alpha value is -1.49. The molecule has 5 heteroatoms. The fourth-order valence-electron chi connectivity index (χ4n) is 1.49. The molecule has 1 atom stereocenters. The summed E-state index contributed by atoms with van der Waals surface area (Å²) < 4.78 is 18.1. The second-order valence-electron chi connectivity index (χ2n) is 4.08. The van der Waals surface area contributed by atoms with Gasteiger partial charge in [-0.2, -0.15) is 0 Å². The van der Waals surface area contributed by atoms with Crippen LogP contribution in [0.1, 0.15) is 19.4 Å². The Bertz CT molecular complexity index is 393. The van der Waals surface area contributed by atoms with Gasteiger partial charge in [0.15, 0.2) is 0 Å². The Morgan fingerprint density at radius 1 is 1.62 bits per heavy atom. The molecule has 1 rings (SSSR count). The Kier molecular flexibility index (Phi) is 3.59. The monoisotopic (exact) mass is 226 g/mol. The largest absolute Gasteiger partial charge is 0.468 e. The van der Waals surface area contributed by atoms with E-state index in [1.165, 1.54) is 19.4 Å². The third kappa shape index (κ3) is 2.19. The second kappa shape index (κ2) is 4.57. The molecular weight excluding hydrogens is 211 g/mol. The molecular formula is C11H15FN2O2. The maximum absolute atomic E-state index is 13.5. The van der Waals surface area contributed by atoms with Gasteiger partial charge in [-0.25, -0.2) is 4.39 Å². The fourth-order valence-corrected chi connectivity index (χ4v) is 1.49. The van der Waals surface area contributed by atoms with Crippen LogP contribution < -0.4 is 5.73 Å². The number of methoxy groups -OCH3 is 1. The summed E-state index contributed by atoms with van der Waals surface area (Å²) in [4.78, 5) is 15.0. The van der Waals surface area contributed by atoms with Crippen molar-refractivity contribution in [2.45, 2.75) is 25.3 Å². The normalized spacial score (nSPS) is 13.3. The molecule has 0 radical (unpaired) electrons. The molecule has 0 fully saturated rings. The first-order valence-electron chi connectivity index (χ1n) is 4.84. The van der Waals surface area contributed by atoms with Gasteiger partial charge in [0, 0.05) is 11.6 Å². The molecule has 1 heterocycles. The van der Waals surface area contributed by atoms with E-state index in [0.717, 1.165) is 6.20 Å². The molecule has 4 nitrogen and oxygen atoms in total. The van der Waals surface area contributed by atoms with E-state index in [9.17, 15) is 9.18 Å². The molecule has 0 saturated heterocycles. The van der Waals surface area contributed by atoms with Crippen molar-refractivity contribution < 1.29 is 13.9 Å². The van der Waals surface area contributed by atoms with Crippen molar-refractivity contribution >= 4 is 5.97 Å². The molecule has 0 aromatic carbocycles. The third-order valence-electron chi connectivity index (χ3n) is 2.70. The summed E-state index contributed by atoms with van der Waals surface area (Å²) in [5, 5.41) is 0. The number of ether oxygens (including phenoxy) is 1. The van der Waals surface area contributed by atoms with Gasteiger partial charge < -0.3 is 10.5 Å². The van der Waals surface area contributed by atoms with Crippen LogP contribution in [0.25, 0.3) is 0 Å². The topological polar surface area (TPSA) is 65.2 Å². The summed E-state index contributed by atoms with van der Waals surface area (Å²) in [5.41, 5.74) is 5.25. The molecule has 0 bridgehead atoms. The molecule has 0 spiro atoms. The number of pyridine rings is 1. The smallest absolute Gasteiger partial charge is 0.323 e. The minimum Gasteiger partial charge on any atom is -0.468 e. The van der Waals surface area contributed by atoms with Crippen LogP contribution in [0.2, 0.25) is 0 Å². The van der Waals surface area contributed by atoms with Gasteiger partial charge in [0.1, 0.15) is 11.9 Å². The Morgan fingerprint density at radius 3 is 2.75 bits per heavy atom. The maximum Gasteiger partial charge on any atom is 0.323 e. The molecule has 1 aromatic heterocycles. The van der Waals surface area contributed by atoms with Gasteiger partial charge in [-0.3, -0.25) is 9.78 Å². The lowest BCUT2D eigenvalue weighted by atomic mass is 9.78. The van der Waals surface area contributed by atoms with Gasteiger partial charge in [0.2, 0.25) is 0 Å². The number of nitrogens with two attached hydrogens (primary N) is 1. The highest BCUT2D eigenvalue weighted by molar-refractivity contribution is 5.77. The lowest BCUT2D eigenvalue weighted by molar-refractivity contribution is -0.143. The minimum absolute atomic E-state index is 0.348. The first kappa shape index (κ1) is 12.6. The Labute approximate surface area is 93.6 Å². The van der Waals surface area contributed by atoms with E-state index in [1.54, 1.807) is 13.8 Å². The van der Waals surface area contributed by atoms with Gasteiger partial charge in [0.05, 0.1) is 13.3 Å². The average Bonchev–Trinajstić information content (AvgIpc) is 2.27. The van der Waals surface area contributed by atoms with E-state index in [1.807, 2.05) is 0 Å². The summed E-state index contributed by atoms with van der Waals surface area (Å²) >= 11 is 0. The quantitative estimate of drug-likeness (QED) is 0.781. The van der Waals surface area contributed by atoms with Crippen LogP contribution in [0.15, 0.2) is 18.5 Å². The summed E-state index contributed by atoms with van der Waals surface area (Å²) in [6.07, 6.45) is 2.56. The fraction of sp³-hybridized carbons (Fsp3) is 0.455. The van der Waals surface area contributed by atoms with Crippen molar-refractivity contribution in [1.29, 1.82) is 0 Å². The van der Waals surface area contributed by atoms with E-state index in [4.69, 9.17) is 5.73 Å². The number of hydrogen-bond acceptors (Lipinski definition) is 4. The van der Waals surface area contributed by atoms with Crippen molar-refractivity contribution in [2.24, 2.45) is 5.73 Å². The number of esters is 1. The number of carbonyl (C=O) groups is 1. The number of hydrogen-bond donors (Lipinski definition) is 1. The van der Waals surface area contributed by atoms with E-state index in [-0.39, 0.29) is 0 Å². The summed E-state index contributed by atoms with van der Waals surface area (Å²) in [6.45, 7) is 3.38. The molecule has 0 saturated carbocycles. The zero-order valence-electron chi connectivity index (χ0n) is 9.53. The molecule has 1 aromatic rings. The van der Waals surface area contributed by atoms with Gasteiger partial charge in [-0.15, -0.1) is 0 Å². The number of carbonyl (C=O) groups excluding carboxylic acids is 1. The van der Waals surface area contributed by atoms with Gasteiger partial charge in [0.25, 0.3) is 0 Å². The van der Waals surface area contributed by atoms with Crippen LogP contribution in [-0.2, 0) is 14.9 Å². The summed E-state index contributed by atoms with van der Waals surface area (Å²) in [5.74, 6) is -1.05. The molecule has 0 aliphatic heterocycles. The lowest BCUT2D eigenvalue weighted by Gasteiger charge is -2.30. The molecule has 0 aliphatic rings. The van der Waals surface area contributed by atoms with Crippen LogP contribution in [0.4, 0.5) is 4.39 Å². The molecule has 88 valence electrons. The van der Waals surface area contributed by atoms with E-state index in [2.05, 4.69) is 9.72 Å². The number of aromatic nitrogens is 1. The number of nitrogens with zero attached hydrogens (tertiary/aromatic N) is 1. The SMILES string of the molecule is COC(=O)C(N)C(C)(C)c1ccncc1F. The second-order valence-corrected chi connectivity index (χ2v) is 4.08. The van der Waals surface area contributed by atoms with Crippen LogP contribution >= 0.6 is 0 Å². The summed E-state index contributed by atoms with van der Waals surface area (Å²) in [7, 11) is 1.25. The zero-order valence-corrected chi connectivity index (χ0v) is 9.53. The predicted octanol–water partition coefficient (Wildman–Crippen LogP) is 0.999. The predicted molar refractivity (Wildman–Crippen MR) is 57.2 cm³/mol. The van der Waals surface area contributed by atoms with Crippen molar-refractivity contribution in [3.63, 3.8) is 0 Å². The molecule has 2 N–H and O–H groups in total. The van der Waals surface area contributed by atoms with Crippen molar-refractivity contribution in [3.05, 3.63) is 29.8 Å². The number of halogens is 1. The third-order valence-corrected chi connectivity index (χ3v) is 2.70. The molecule has 0 aliphatic carbocycles. The van der Waals surface area contributed by atoms with Crippen LogP contribution in [0.5, 0.6) is 0 Å². The van der Waals surface area contributed by atoms with Crippen molar-refractivity contribution in [2.75, 3.05) is 7.11 Å². The Balaban J connectivity index is 3.11. The van der Waals surface area contributed by atoms with Gasteiger partial charge in [-0.05, 0) is 11.6 Å². The van der Waals surface area contributed by atoms with E-state index in [0.29, 0.717) is 5.56 Å². The molecule has 16 heavy (non-hydrogen) atoms. The highest BCUT2D eigenvalue weighted by atomic mass is 19.1. The number of rotatable bonds is 3. The summed E-state index contributed by atoms with van der Waals surface area (Å²) in [6, 6.07) is 0.590. The van der Waals surface area contributed by atoms with E-state index >= 15 is 0 Å².